The predicted octanol–water partition coefficient (Wildman–Crippen LogP) is 5.16. The Morgan fingerprint density at radius 2 is 1.95 bits per heavy atom. The zero-order valence-corrected chi connectivity index (χ0v) is 13.8. The summed E-state index contributed by atoms with van der Waals surface area (Å²) in [5.74, 6) is 1.25. The molecule has 3 rings (SSSR count). The molecule has 0 bridgehead atoms. The summed E-state index contributed by atoms with van der Waals surface area (Å²) >= 11 is 2.13. The van der Waals surface area contributed by atoms with E-state index in [9.17, 15) is 0 Å². The number of thioether (sulfide) groups is 1. The molecule has 1 aliphatic carbocycles. The zero-order chi connectivity index (χ0) is 14.7. The lowest BCUT2D eigenvalue weighted by atomic mass is 9.99. The second-order valence-electron chi connectivity index (χ2n) is 6.04. The van der Waals surface area contributed by atoms with Gasteiger partial charge in [-0.1, -0.05) is 49.4 Å². The number of rotatable bonds is 5. The highest BCUT2D eigenvalue weighted by atomic mass is 32.2. The third kappa shape index (κ3) is 3.44. The summed E-state index contributed by atoms with van der Waals surface area (Å²) in [6, 6.07) is 16.5. The van der Waals surface area contributed by atoms with Crippen LogP contribution in [0, 0.1) is 0 Å². The molecule has 1 fully saturated rings. The summed E-state index contributed by atoms with van der Waals surface area (Å²) in [5.41, 5.74) is 1.43. The molecule has 3 unspecified atom stereocenters. The standard InChI is InChI=1S/C19H25NS/c1-3-21-17-12-11-16(13-17)20-14(2)18-10-6-8-15-7-4-5-9-19(15)18/h4-10,14,16-17,20H,3,11-13H2,1-2H3. The summed E-state index contributed by atoms with van der Waals surface area (Å²) < 4.78 is 0. The van der Waals surface area contributed by atoms with Gasteiger partial charge in [-0.05, 0) is 48.3 Å². The van der Waals surface area contributed by atoms with E-state index in [1.165, 1.54) is 41.4 Å². The molecule has 1 saturated carbocycles. The van der Waals surface area contributed by atoms with E-state index in [0.717, 1.165) is 5.25 Å². The predicted molar refractivity (Wildman–Crippen MR) is 95.1 cm³/mol. The first-order chi connectivity index (χ1) is 10.3. The lowest BCUT2D eigenvalue weighted by Gasteiger charge is -2.21. The molecule has 2 heteroatoms. The molecule has 0 radical (unpaired) electrons. The summed E-state index contributed by atoms with van der Waals surface area (Å²) in [6.07, 6.45) is 4.03. The lowest BCUT2D eigenvalue weighted by molar-refractivity contribution is 0.464. The summed E-state index contributed by atoms with van der Waals surface area (Å²) in [6.45, 7) is 4.58. The number of hydrogen-bond acceptors (Lipinski definition) is 2. The third-order valence-electron chi connectivity index (χ3n) is 4.56. The first kappa shape index (κ1) is 14.9. The quantitative estimate of drug-likeness (QED) is 0.818. The number of hydrogen-bond donors (Lipinski definition) is 1. The van der Waals surface area contributed by atoms with Crippen LogP contribution in [0.1, 0.15) is 44.7 Å². The first-order valence-electron chi connectivity index (χ1n) is 8.13. The lowest BCUT2D eigenvalue weighted by Crippen LogP contribution is -2.29. The van der Waals surface area contributed by atoms with Crippen LogP contribution in [0.4, 0.5) is 0 Å². The molecule has 0 aromatic heterocycles. The van der Waals surface area contributed by atoms with Crippen LogP contribution < -0.4 is 5.32 Å². The first-order valence-corrected chi connectivity index (χ1v) is 9.18. The summed E-state index contributed by atoms with van der Waals surface area (Å²) in [5, 5.41) is 7.46. The number of fused-ring (bicyclic) bond motifs is 1. The van der Waals surface area contributed by atoms with Crippen LogP contribution in [-0.2, 0) is 0 Å². The molecule has 2 aromatic rings. The van der Waals surface area contributed by atoms with Crippen molar-refractivity contribution in [3.63, 3.8) is 0 Å². The molecule has 0 amide bonds. The molecule has 0 aliphatic heterocycles. The van der Waals surface area contributed by atoms with E-state index in [0.29, 0.717) is 12.1 Å². The summed E-state index contributed by atoms with van der Waals surface area (Å²) in [4.78, 5) is 0. The fraction of sp³-hybridized carbons (Fsp3) is 0.474. The van der Waals surface area contributed by atoms with Crippen LogP contribution in [0.15, 0.2) is 42.5 Å². The molecule has 1 N–H and O–H groups in total. The monoisotopic (exact) mass is 299 g/mol. The van der Waals surface area contributed by atoms with Gasteiger partial charge in [0.15, 0.2) is 0 Å². The minimum absolute atomic E-state index is 0.423. The van der Waals surface area contributed by atoms with Crippen LogP contribution in [0.2, 0.25) is 0 Å². The molecule has 3 atom stereocenters. The Hall–Kier alpha value is -0.990. The fourth-order valence-electron chi connectivity index (χ4n) is 3.55. The third-order valence-corrected chi connectivity index (χ3v) is 5.80. The maximum absolute atomic E-state index is 3.86. The molecule has 0 saturated heterocycles. The topological polar surface area (TPSA) is 12.0 Å². The second kappa shape index (κ2) is 6.85. The molecule has 21 heavy (non-hydrogen) atoms. The number of nitrogens with one attached hydrogen (secondary N) is 1. The maximum atomic E-state index is 3.86. The van der Waals surface area contributed by atoms with Crippen LogP contribution in [-0.4, -0.2) is 17.0 Å². The molecular formula is C19H25NS. The Kier molecular flexibility index (Phi) is 4.87. The van der Waals surface area contributed by atoms with Crippen molar-refractivity contribution in [1.82, 2.24) is 5.32 Å². The SMILES string of the molecule is CCSC1CCC(NC(C)c2cccc3ccccc23)C1. The molecule has 112 valence electrons. The van der Waals surface area contributed by atoms with Gasteiger partial charge in [0, 0.05) is 17.3 Å². The Bertz CT molecular complexity index is 590. The van der Waals surface area contributed by atoms with E-state index in [2.05, 4.69) is 73.4 Å². The van der Waals surface area contributed by atoms with Gasteiger partial charge in [-0.15, -0.1) is 0 Å². The average Bonchev–Trinajstić information content (AvgIpc) is 2.94. The van der Waals surface area contributed by atoms with Gasteiger partial charge in [0.2, 0.25) is 0 Å². The Labute approximate surface area is 132 Å². The smallest absolute Gasteiger partial charge is 0.0300 e. The van der Waals surface area contributed by atoms with E-state index in [-0.39, 0.29) is 0 Å². The van der Waals surface area contributed by atoms with E-state index in [1.807, 2.05) is 0 Å². The van der Waals surface area contributed by atoms with E-state index in [1.54, 1.807) is 0 Å². The van der Waals surface area contributed by atoms with Gasteiger partial charge in [-0.3, -0.25) is 0 Å². The Morgan fingerprint density at radius 1 is 1.14 bits per heavy atom. The molecule has 2 aromatic carbocycles. The fourth-order valence-corrected chi connectivity index (χ4v) is 4.69. The van der Waals surface area contributed by atoms with E-state index >= 15 is 0 Å². The van der Waals surface area contributed by atoms with Crippen LogP contribution in [0.5, 0.6) is 0 Å². The van der Waals surface area contributed by atoms with Crippen molar-refractivity contribution in [1.29, 1.82) is 0 Å². The van der Waals surface area contributed by atoms with Crippen molar-refractivity contribution in [2.45, 2.75) is 50.4 Å². The zero-order valence-electron chi connectivity index (χ0n) is 13.0. The molecule has 1 nitrogen and oxygen atoms in total. The van der Waals surface area contributed by atoms with Gasteiger partial charge in [0.25, 0.3) is 0 Å². The highest BCUT2D eigenvalue weighted by molar-refractivity contribution is 7.99. The Morgan fingerprint density at radius 3 is 2.81 bits per heavy atom. The van der Waals surface area contributed by atoms with Gasteiger partial charge in [0.1, 0.15) is 0 Å². The van der Waals surface area contributed by atoms with Gasteiger partial charge < -0.3 is 5.32 Å². The largest absolute Gasteiger partial charge is 0.307 e. The van der Waals surface area contributed by atoms with Gasteiger partial charge >= 0.3 is 0 Å². The van der Waals surface area contributed by atoms with Gasteiger partial charge in [-0.2, -0.15) is 11.8 Å². The highest BCUT2D eigenvalue weighted by Crippen LogP contribution is 2.32. The highest BCUT2D eigenvalue weighted by Gasteiger charge is 2.25. The van der Waals surface area contributed by atoms with E-state index < -0.39 is 0 Å². The van der Waals surface area contributed by atoms with Crippen LogP contribution >= 0.6 is 11.8 Å². The summed E-state index contributed by atoms with van der Waals surface area (Å²) in [7, 11) is 0. The van der Waals surface area contributed by atoms with Crippen molar-refractivity contribution in [2.75, 3.05) is 5.75 Å². The molecular weight excluding hydrogens is 274 g/mol. The van der Waals surface area contributed by atoms with Crippen molar-refractivity contribution in [3.8, 4) is 0 Å². The van der Waals surface area contributed by atoms with Crippen molar-refractivity contribution in [3.05, 3.63) is 48.0 Å². The van der Waals surface area contributed by atoms with Crippen LogP contribution in [0.3, 0.4) is 0 Å². The Balaban J connectivity index is 1.71. The molecule has 0 spiro atoms. The van der Waals surface area contributed by atoms with Gasteiger partial charge in [-0.25, -0.2) is 0 Å². The van der Waals surface area contributed by atoms with Crippen LogP contribution in [0.25, 0.3) is 10.8 Å². The average molecular weight is 299 g/mol. The second-order valence-corrected chi connectivity index (χ2v) is 7.62. The van der Waals surface area contributed by atoms with Gasteiger partial charge in [0.05, 0.1) is 0 Å². The molecule has 0 heterocycles. The maximum Gasteiger partial charge on any atom is 0.0300 e. The minimum Gasteiger partial charge on any atom is -0.307 e. The van der Waals surface area contributed by atoms with E-state index in [4.69, 9.17) is 0 Å². The van der Waals surface area contributed by atoms with Crippen molar-refractivity contribution in [2.24, 2.45) is 0 Å². The van der Waals surface area contributed by atoms with Crippen molar-refractivity contribution >= 4 is 22.5 Å². The number of benzene rings is 2. The van der Waals surface area contributed by atoms with Crippen molar-refractivity contribution < 1.29 is 0 Å². The minimum atomic E-state index is 0.423. The molecule has 1 aliphatic rings. The normalized spacial score (nSPS) is 23.5.